The molecule has 0 saturated heterocycles. The summed E-state index contributed by atoms with van der Waals surface area (Å²) in [6.07, 6.45) is 2.96. The molecular weight excluding hydrogens is 300 g/mol. The highest BCUT2D eigenvalue weighted by atomic mass is 32.2. The Bertz CT molecular complexity index is 587. The fourth-order valence-corrected chi connectivity index (χ4v) is 3.33. The summed E-state index contributed by atoms with van der Waals surface area (Å²) in [5.41, 5.74) is -0.141. The summed E-state index contributed by atoms with van der Waals surface area (Å²) in [6, 6.07) is 4.29. The summed E-state index contributed by atoms with van der Waals surface area (Å²) < 4.78 is 23.2. The molecule has 1 aromatic carbocycles. The molecule has 0 fully saturated rings. The minimum atomic E-state index is -3.64. The summed E-state index contributed by atoms with van der Waals surface area (Å²) in [6.45, 7) is 2.57. The van der Waals surface area contributed by atoms with E-state index in [0.29, 0.717) is 12.5 Å². The van der Waals surface area contributed by atoms with Crippen molar-refractivity contribution < 1.29 is 13.3 Å². The molecule has 6 nitrogen and oxygen atoms in total. The van der Waals surface area contributed by atoms with E-state index in [2.05, 4.69) is 5.32 Å². The third kappa shape index (κ3) is 4.38. The molecule has 0 heterocycles. The minimum absolute atomic E-state index is 0.242. The van der Waals surface area contributed by atoms with E-state index >= 15 is 0 Å². The summed E-state index contributed by atoms with van der Waals surface area (Å²) in [5, 5.41) is 14.1. The molecule has 1 atom stereocenters. The number of nitro groups is 1. The Kier molecular flexibility index (Phi) is 5.82. The van der Waals surface area contributed by atoms with Crippen molar-refractivity contribution in [2.45, 2.75) is 11.8 Å². The smallest absolute Gasteiger partial charge is 0.310 e. The lowest BCUT2D eigenvalue weighted by Gasteiger charge is -2.13. The first kappa shape index (κ1) is 16.8. The van der Waals surface area contributed by atoms with Gasteiger partial charge in [-0.2, -0.15) is 11.8 Å². The van der Waals surface area contributed by atoms with Gasteiger partial charge < -0.3 is 5.32 Å². The SMILES string of the molecule is CSCC(C)CNc1cccc(S(C)(=O)=O)c1[N+](=O)[O-]. The fraction of sp³-hybridized carbons (Fsp3) is 0.500. The Morgan fingerprint density at radius 1 is 1.45 bits per heavy atom. The van der Waals surface area contributed by atoms with Crippen molar-refractivity contribution in [3.05, 3.63) is 28.3 Å². The van der Waals surface area contributed by atoms with Crippen molar-refractivity contribution in [2.75, 3.05) is 30.1 Å². The molecule has 0 saturated carbocycles. The van der Waals surface area contributed by atoms with Crippen molar-refractivity contribution >= 4 is 33.0 Å². The Morgan fingerprint density at radius 3 is 2.60 bits per heavy atom. The van der Waals surface area contributed by atoms with Gasteiger partial charge in [-0.05, 0) is 30.1 Å². The van der Waals surface area contributed by atoms with Crippen LogP contribution in [0.3, 0.4) is 0 Å². The third-order valence-electron chi connectivity index (χ3n) is 2.67. The molecule has 1 N–H and O–H groups in total. The first-order valence-electron chi connectivity index (χ1n) is 5.97. The molecule has 0 aliphatic heterocycles. The van der Waals surface area contributed by atoms with Gasteiger partial charge in [-0.25, -0.2) is 8.42 Å². The van der Waals surface area contributed by atoms with Crippen LogP contribution in [0.15, 0.2) is 23.1 Å². The van der Waals surface area contributed by atoms with Crippen molar-refractivity contribution in [1.29, 1.82) is 0 Å². The van der Waals surface area contributed by atoms with Gasteiger partial charge in [0.15, 0.2) is 9.84 Å². The quantitative estimate of drug-likeness (QED) is 0.613. The molecule has 112 valence electrons. The molecule has 1 rings (SSSR count). The van der Waals surface area contributed by atoms with Gasteiger partial charge >= 0.3 is 5.69 Å². The number of anilines is 1. The second kappa shape index (κ2) is 6.94. The number of nitrogens with zero attached hydrogens (tertiary/aromatic N) is 1. The van der Waals surface area contributed by atoms with Crippen LogP contribution in [0.4, 0.5) is 11.4 Å². The molecule has 0 aliphatic rings. The van der Waals surface area contributed by atoms with Crippen LogP contribution >= 0.6 is 11.8 Å². The van der Waals surface area contributed by atoms with Crippen LogP contribution in [0.25, 0.3) is 0 Å². The summed E-state index contributed by atoms with van der Waals surface area (Å²) >= 11 is 1.69. The number of nitro benzene ring substituents is 1. The van der Waals surface area contributed by atoms with E-state index in [9.17, 15) is 18.5 Å². The van der Waals surface area contributed by atoms with Gasteiger partial charge in [0.05, 0.1) is 4.92 Å². The van der Waals surface area contributed by atoms with Gasteiger partial charge in [0, 0.05) is 12.8 Å². The molecule has 0 radical (unpaired) electrons. The molecule has 20 heavy (non-hydrogen) atoms. The van der Waals surface area contributed by atoms with Crippen LogP contribution in [0.5, 0.6) is 0 Å². The largest absolute Gasteiger partial charge is 0.379 e. The number of benzene rings is 1. The maximum absolute atomic E-state index is 11.6. The Labute approximate surface area is 123 Å². The number of thioether (sulfide) groups is 1. The minimum Gasteiger partial charge on any atom is -0.379 e. The number of sulfone groups is 1. The third-order valence-corrected chi connectivity index (χ3v) is 4.70. The average Bonchev–Trinajstić information content (AvgIpc) is 2.35. The highest BCUT2D eigenvalue weighted by molar-refractivity contribution is 7.98. The molecule has 0 amide bonds. The van der Waals surface area contributed by atoms with Crippen molar-refractivity contribution in [3.63, 3.8) is 0 Å². The monoisotopic (exact) mass is 318 g/mol. The molecular formula is C12H18N2O4S2. The number of rotatable bonds is 7. The van der Waals surface area contributed by atoms with Crippen LogP contribution in [-0.4, -0.2) is 38.2 Å². The van der Waals surface area contributed by atoms with E-state index in [1.807, 2.05) is 13.2 Å². The van der Waals surface area contributed by atoms with Gasteiger partial charge in [-0.15, -0.1) is 0 Å². The predicted octanol–water partition coefficient (Wildman–Crippen LogP) is 2.41. The Balaban J connectivity index is 3.11. The maximum Gasteiger partial charge on any atom is 0.310 e. The molecule has 0 aliphatic carbocycles. The lowest BCUT2D eigenvalue weighted by atomic mass is 10.2. The van der Waals surface area contributed by atoms with E-state index in [1.54, 1.807) is 11.8 Å². The van der Waals surface area contributed by atoms with E-state index < -0.39 is 14.8 Å². The summed E-state index contributed by atoms with van der Waals surface area (Å²) in [7, 11) is -3.64. The van der Waals surface area contributed by atoms with Gasteiger partial charge in [0.25, 0.3) is 0 Å². The van der Waals surface area contributed by atoms with Gasteiger partial charge in [0.2, 0.25) is 0 Å². The molecule has 8 heteroatoms. The van der Waals surface area contributed by atoms with E-state index in [4.69, 9.17) is 0 Å². The average molecular weight is 318 g/mol. The zero-order chi connectivity index (χ0) is 15.3. The number of para-hydroxylation sites is 1. The molecule has 1 aromatic rings. The first-order valence-corrected chi connectivity index (χ1v) is 9.26. The molecule has 0 bridgehead atoms. The topological polar surface area (TPSA) is 89.3 Å². The summed E-state index contributed by atoms with van der Waals surface area (Å²) in [5.74, 6) is 1.25. The zero-order valence-corrected chi connectivity index (χ0v) is 13.3. The highest BCUT2D eigenvalue weighted by Gasteiger charge is 2.26. The van der Waals surface area contributed by atoms with Crippen molar-refractivity contribution in [3.8, 4) is 0 Å². The fourth-order valence-electron chi connectivity index (χ4n) is 1.78. The van der Waals surface area contributed by atoms with Crippen LogP contribution in [0, 0.1) is 16.0 Å². The lowest BCUT2D eigenvalue weighted by Crippen LogP contribution is -2.15. The van der Waals surface area contributed by atoms with Gasteiger partial charge in [0.1, 0.15) is 10.6 Å². The first-order chi connectivity index (χ1) is 9.27. The van der Waals surface area contributed by atoms with E-state index in [1.165, 1.54) is 18.2 Å². The zero-order valence-electron chi connectivity index (χ0n) is 11.6. The Morgan fingerprint density at radius 2 is 2.10 bits per heavy atom. The Hall–Kier alpha value is -1.28. The predicted molar refractivity (Wildman–Crippen MR) is 82.2 cm³/mol. The van der Waals surface area contributed by atoms with Crippen molar-refractivity contribution in [2.24, 2.45) is 5.92 Å². The van der Waals surface area contributed by atoms with Gasteiger partial charge in [-0.1, -0.05) is 13.0 Å². The molecule has 1 unspecified atom stereocenters. The summed E-state index contributed by atoms with van der Waals surface area (Å²) in [4.78, 5) is 10.2. The molecule has 0 spiro atoms. The van der Waals surface area contributed by atoms with Crippen molar-refractivity contribution in [1.82, 2.24) is 0 Å². The molecule has 0 aromatic heterocycles. The second-order valence-electron chi connectivity index (χ2n) is 4.62. The van der Waals surface area contributed by atoms with E-state index in [0.717, 1.165) is 12.0 Å². The standard InChI is InChI=1S/C12H18N2O4S2/c1-9(8-19-2)7-13-10-5-4-6-11(20(3,17)18)12(10)14(15)16/h4-6,9,13H,7-8H2,1-3H3. The van der Waals surface area contributed by atoms with Gasteiger partial charge in [-0.3, -0.25) is 10.1 Å². The number of hydrogen-bond acceptors (Lipinski definition) is 6. The lowest BCUT2D eigenvalue weighted by molar-refractivity contribution is -0.386. The van der Waals surface area contributed by atoms with Crippen LogP contribution in [-0.2, 0) is 9.84 Å². The van der Waals surface area contributed by atoms with Crippen LogP contribution in [0.1, 0.15) is 6.92 Å². The van der Waals surface area contributed by atoms with Crippen LogP contribution in [0.2, 0.25) is 0 Å². The van der Waals surface area contributed by atoms with Crippen LogP contribution < -0.4 is 5.32 Å². The highest BCUT2D eigenvalue weighted by Crippen LogP contribution is 2.32. The van der Waals surface area contributed by atoms with E-state index in [-0.39, 0.29) is 16.3 Å². The number of nitrogens with one attached hydrogen (secondary N) is 1. The number of hydrogen-bond donors (Lipinski definition) is 1. The maximum atomic E-state index is 11.6. The normalized spacial score (nSPS) is 12.9. The second-order valence-corrected chi connectivity index (χ2v) is 7.52.